The molecule has 0 unspecified atom stereocenters. The standard InChI is InChI=1S/C22H21FN4O2/c1-13-11-27-12-18(26-20(27)14(2)25-13)17-9-15-3-4-16(10-19(15)29-21(17)28)22(23)5-7-24-8-6-22/h3-4,9-12,24H,5-8H2,1-2H3. The number of alkyl halides is 1. The molecule has 1 fully saturated rings. The third-order valence-corrected chi connectivity index (χ3v) is 5.65. The lowest BCUT2D eigenvalue weighted by atomic mass is 9.86. The van der Waals surface area contributed by atoms with E-state index in [0.29, 0.717) is 54.0 Å². The van der Waals surface area contributed by atoms with Crippen LogP contribution in [-0.4, -0.2) is 27.5 Å². The second-order valence-electron chi connectivity index (χ2n) is 7.74. The van der Waals surface area contributed by atoms with Crippen LogP contribution in [0.25, 0.3) is 27.9 Å². The summed E-state index contributed by atoms with van der Waals surface area (Å²) < 4.78 is 22.7. The average molecular weight is 392 g/mol. The number of aryl methyl sites for hydroxylation is 2. The van der Waals surface area contributed by atoms with E-state index in [9.17, 15) is 4.79 Å². The van der Waals surface area contributed by atoms with Gasteiger partial charge in [-0.25, -0.2) is 14.2 Å². The first-order chi connectivity index (χ1) is 13.9. The van der Waals surface area contributed by atoms with Crippen molar-refractivity contribution in [1.29, 1.82) is 0 Å². The molecule has 7 heteroatoms. The molecule has 4 heterocycles. The molecule has 1 N–H and O–H groups in total. The number of hydrogen-bond donors (Lipinski definition) is 1. The molecule has 0 radical (unpaired) electrons. The first-order valence-corrected chi connectivity index (χ1v) is 9.74. The fourth-order valence-corrected chi connectivity index (χ4v) is 4.11. The highest BCUT2D eigenvalue weighted by Crippen LogP contribution is 2.36. The van der Waals surface area contributed by atoms with Crippen molar-refractivity contribution in [3.63, 3.8) is 0 Å². The Morgan fingerprint density at radius 1 is 1.14 bits per heavy atom. The van der Waals surface area contributed by atoms with E-state index in [1.54, 1.807) is 24.4 Å². The zero-order valence-electron chi connectivity index (χ0n) is 16.3. The number of benzene rings is 1. The number of nitrogens with zero attached hydrogens (tertiary/aromatic N) is 3. The Hall–Kier alpha value is -3.06. The summed E-state index contributed by atoms with van der Waals surface area (Å²) in [5, 5.41) is 3.91. The molecule has 1 aromatic carbocycles. The van der Waals surface area contributed by atoms with Crippen LogP contribution < -0.4 is 10.9 Å². The molecule has 0 atom stereocenters. The number of nitrogens with one attached hydrogen (secondary N) is 1. The first-order valence-electron chi connectivity index (χ1n) is 9.74. The number of rotatable bonds is 2. The summed E-state index contributed by atoms with van der Waals surface area (Å²) >= 11 is 0. The molecule has 5 rings (SSSR count). The van der Waals surface area contributed by atoms with Gasteiger partial charge in [-0.2, -0.15) is 0 Å². The molecule has 0 spiro atoms. The number of imidazole rings is 1. The van der Waals surface area contributed by atoms with E-state index in [0.717, 1.165) is 16.8 Å². The molecule has 6 nitrogen and oxygen atoms in total. The minimum absolute atomic E-state index is 0.378. The number of fused-ring (bicyclic) bond motifs is 2. The highest BCUT2D eigenvalue weighted by Gasteiger charge is 2.34. The van der Waals surface area contributed by atoms with Crippen molar-refractivity contribution in [2.24, 2.45) is 0 Å². The molecule has 1 aliphatic rings. The highest BCUT2D eigenvalue weighted by atomic mass is 19.1. The Labute approximate surface area is 166 Å². The monoisotopic (exact) mass is 392 g/mol. The van der Waals surface area contributed by atoms with Crippen LogP contribution in [0.4, 0.5) is 4.39 Å². The minimum atomic E-state index is -1.39. The normalized spacial score (nSPS) is 16.5. The lowest BCUT2D eigenvalue weighted by Crippen LogP contribution is -2.36. The molecule has 1 saturated heterocycles. The molecule has 0 bridgehead atoms. The van der Waals surface area contributed by atoms with Gasteiger partial charge in [0.15, 0.2) is 5.65 Å². The zero-order chi connectivity index (χ0) is 20.2. The SMILES string of the molecule is Cc1cn2cc(-c3cc4ccc(C5(F)CCNCC5)cc4oc3=O)nc2c(C)n1. The predicted molar refractivity (Wildman–Crippen MR) is 109 cm³/mol. The third-order valence-electron chi connectivity index (χ3n) is 5.65. The minimum Gasteiger partial charge on any atom is -0.422 e. The second-order valence-corrected chi connectivity index (χ2v) is 7.74. The Morgan fingerprint density at radius 3 is 2.72 bits per heavy atom. The topological polar surface area (TPSA) is 72.4 Å². The van der Waals surface area contributed by atoms with Crippen LogP contribution in [0.2, 0.25) is 0 Å². The van der Waals surface area contributed by atoms with Crippen LogP contribution >= 0.6 is 0 Å². The maximum atomic E-state index is 15.3. The molecule has 29 heavy (non-hydrogen) atoms. The van der Waals surface area contributed by atoms with Gasteiger partial charge >= 0.3 is 5.63 Å². The van der Waals surface area contributed by atoms with Gasteiger partial charge in [0.2, 0.25) is 0 Å². The van der Waals surface area contributed by atoms with Crippen LogP contribution in [0.3, 0.4) is 0 Å². The Morgan fingerprint density at radius 2 is 1.93 bits per heavy atom. The van der Waals surface area contributed by atoms with Crippen molar-refractivity contribution in [3.8, 4) is 11.3 Å². The van der Waals surface area contributed by atoms with E-state index in [-0.39, 0.29) is 0 Å². The van der Waals surface area contributed by atoms with Crippen molar-refractivity contribution in [3.05, 3.63) is 64.0 Å². The van der Waals surface area contributed by atoms with Gasteiger partial charge in [0.1, 0.15) is 11.3 Å². The fourth-order valence-electron chi connectivity index (χ4n) is 4.11. The second kappa shape index (κ2) is 6.49. The van der Waals surface area contributed by atoms with E-state index >= 15 is 4.39 Å². The lowest BCUT2D eigenvalue weighted by Gasteiger charge is -2.30. The Bertz CT molecular complexity index is 1300. The smallest absolute Gasteiger partial charge is 0.345 e. The largest absolute Gasteiger partial charge is 0.422 e. The van der Waals surface area contributed by atoms with Gasteiger partial charge in [0, 0.05) is 17.8 Å². The molecule has 4 aromatic rings. The lowest BCUT2D eigenvalue weighted by molar-refractivity contribution is 0.115. The summed E-state index contributed by atoms with van der Waals surface area (Å²) in [5.74, 6) is 0. The zero-order valence-corrected chi connectivity index (χ0v) is 16.3. The predicted octanol–water partition coefficient (Wildman–Crippen LogP) is 3.67. The Kier molecular flexibility index (Phi) is 4.03. The average Bonchev–Trinajstić information content (AvgIpc) is 3.11. The molecule has 0 amide bonds. The molecular formula is C22H21FN4O2. The van der Waals surface area contributed by atoms with Gasteiger partial charge in [-0.3, -0.25) is 4.98 Å². The van der Waals surface area contributed by atoms with Crippen LogP contribution in [0.5, 0.6) is 0 Å². The number of halogens is 1. The maximum absolute atomic E-state index is 15.3. The summed E-state index contributed by atoms with van der Waals surface area (Å²) in [5.41, 5.74) is 2.35. The van der Waals surface area contributed by atoms with E-state index in [1.807, 2.05) is 30.5 Å². The van der Waals surface area contributed by atoms with E-state index in [4.69, 9.17) is 4.42 Å². The summed E-state index contributed by atoms with van der Waals surface area (Å²) in [7, 11) is 0. The summed E-state index contributed by atoms with van der Waals surface area (Å²) in [6, 6.07) is 7.02. The van der Waals surface area contributed by atoms with Gasteiger partial charge in [0.25, 0.3) is 0 Å². The van der Waals surface area contributed by atoms with Gasteiger partial charge in [0.05, 0.1) is 22.6 Å². The van der Waals surface area contributed by atoms with Gasteiger partial charge in [-0.05, 0) is 57.5 Å². The van der Waals surface area contributed by atoms with Crippen molar-refractivity contribution in [2.75, 3.05) is 13.1 Å². The molecule has 148 valence electrons. The van der Waals surface area contributed by atoms with Crippen molar-refractivity contribution >= 4 is 16.6 Å². The summed E-state index contributed by atoms with van der Waals surface area (Å²) in [6.45, 7) is 5.07. The molecule has 3 aromatic heterocycles. The number of hydrogen-bond acceptors (Lipinski definition) is 5. The van der Waals surface area contributed by atoms with Crippen LogP contribution in [0.15, 0.2) is 45.9 Å². The summed E-state index contributed by atoms with van der Waals surface area (Å²) in [6.07, 6.45) is 4.49. The van der Waals surface area contributed by atoms with Crippen LogP contribution in [0.1, 0.15) is 29.8 Å². The Balaban J connectivity index is 1.61. The fraction of sp³-hybridized carbons (Fsp3) is 0.318. The van der Waals surface area contributed by atoms with Crippen molar-refractivity contribution in [1.82, 2.24) is 19.7 Å². The van der Waals surface area contributed by atoms with Gasteiger partial charge in [-0.15, -0.1) is 0 Å². The maximum Gasteiger partial charge on any atom is 0.345 e. The van der Waals surface area contributed by atoms with Crippen molar-refractivity contribution < 1.29 is 8.81 Å². The highest BCUT2D eigenvalue weighted by molar-refractivity contribution is 5.82. The van der Waals surface area contributed by atoms with Crippen LogP contribution in [0, 0.1) is 13.8 Å². The van der Waals surface area contributed by atoms with Gasteiger partial charge < -0.3 is 14.1 Å². The quantitative estimate of drug-likeness (QED) is 0.527. The van der Waals surface area contributed by atoms with Crippen LogP contribution in [-0.2, 0) is 5.67 Å². The number of aromatic nitrogens is 3. The third kappa shape index (κ3) is 3.02. The molecule has 1 aliphatic heterocycles. The van der Waals surface area contributed by atoms with E-state index in [1.165, 1.54) is 0 Å². The van der Waals surface area contributed by atoms with Gasteiger partial charge in [-0.1, -0.05) is 12.1 Å². The summed E-state index contributed by atoms with van der Waals surface area (Å²) in [4.78, 5) is 21.7. The molecule has 0 aliphatic carbocycles. The van der Waals surface area contributed by atoms with Crippen molar-refractivity contribution in [2.45, 2.75) is 32.4 Å². The number of piperidine rings is 1. The first kappa shape index (κ1) is 18.0. The van der Waals surface area contributed by atoms with E-state index < -0.39 is 11.3 Å². The molecule has 0 saturated carbocycles. The van der Waals surface area contributed by atoms with E-state index in [2.05, 4.69) is 15.3 Å². The molecular weight excluding hydrogens is 371 g/mol.